The van der Waals surface area contributed by atoms with E-state index < -0.39 is 42.4 Å². The molecule has 0 aromatic heterocycles. The fourth-order valence-electron chi connectivity index (χ4n) is 4.81. The lowest BCUT2D eigenvalue weighted by molar-refractivity contribution is -0.140. The van der Waals surface area contributed by atoms with Gasteiger partial charge in [0.15, 0.2) is 0 Å². The molecule has 13 nitrogen and oxygen atoms in total. The van der Waals surface area contributed by atoms with Crippen molar-refractivity contribution >= 4 is 53.8 Å². The van der Waals surface area contributed by atoms with E-state index in [0.717, 1.165) is 22.3 Å². The summed E-state index contributed by atoms with van der Waals surface area (Å²) in [4.78, 5) is 63.3. The Labute approximate surface area is 292 Å². The van der Waals surface area contributed by atoms with Crippen molar-refractivity contribution in [3.05, 3.63) is 64.7 Å². The monoisotopic (exact) mass is 711 g/mol. The summed E-state index contributed by atoms with van der Waals surface area (Å²) in [5.41, 5.74) is 9.51. The first-order valence-electron chi connectivity index (χ1n) is 15.2. The Balaban J connectivity index is 0.0000110. The lowest BCUT2D eigenvalue weighted by Gasteiger charge is -2.22. The molecular weight excluding hydrogens is 662 g/mol. The highest BCUT2D eigenvalue weighted by atomic mass is 35.5. The highest BCUT2D eigenvalue weighted by Crippen LogP contribution is 2.22. The van der Waals surface area contributed by atoms with Crippen LogP contribution in [0, 0.1) is 13.8 Å². The van der Waals surface area contributed by atoms with Crippen LogP contribution in [0.2, 0.25) is 0 Å². The van der Waals surface area contributed by atoms with E-state index in [0.29, 0.717) is 31.6 Å². The molecule has 0 saturated heterocycles. The number of halogens is 1. The number of esters is 1. The highest BCUT2D eigenvalue weighted by Gasteiger charge is 2.26. The first kappa shape index (κ1) is 44.1. The molecule has 0 aliphatic carbocycles. The SMILES string of the molecule is COC(=O)CCCCNC(=O)[C@H](Cc1ccccc1)NC(=O)CNC(=O)[C@@H](CCSC)NC(=O)[C@H](N)Cc1c(C)cc(O)cc1C.Cl.O. The molecule has 0 heterocycles. The van der Waals surface area contributed by atoms with E-state index in [2.05, 4.69) is 26.0 Å². The van der Waals surface area contributed by atoms with Crippen molar-refractivity contribution < 1.29 is 39.3 Å². The Morgan fingerprint density at radius 1 is 0.896 bits per heavy atom. The van der Waals surface area contributed by atoms with Gasteiger partial charge in [0.25, 0.3) is 0 Å². The molecule has 4 amide bonds. The molecule has 0 unspecified atom stereocenters. The number of aryl methyl sites for hydroxylation is 2. The van der Waals surface area contributed by atoms with Gasteiger partial charge in [-0.3, -0.25) is 24.0 Å². The van der Waals surface area contributed by atoms with Crippen LogP contribution >= 0.6 is 24.2 Å². The molecule has 2 rings (SSSR count). The number of nitrogens with one attached hydrogen (secondary N) is 4. The van der Waals surface area contributed by atoms with Gasteiger partial charge in [-0.25, -0.2) is 0 Å². The van der Waals surface area contributed by atoms with Crippen molar-refractivity contribution in [2.75, 3.05) is 32.2 Å². The lowest BCUT2D eigenvalue weighted by atomic mass is 9.96. The van der Waals surface area contributed by atoms with E-state index in [1.807, 2.05) is 50.4 Å². The Hall–Kier alpha value is -3.85. The number of hydrogen-bond acceptors (Lipinski definition) is 9. The minimum atomic E-state index is -0.937. The maximum Gasteiger partial charge on any atom is 0.305 e. The minimum absolute atomic E-state index is 0. The van der Waals surface area contributed by atoms with E-state index in [9.17, 15) is 29.1 Å². The minimum Gasteiger partial charge on any atom is -0.508 e. The number of rotatable bonds is 19. The van der Waals surface area contributed by atoms with E-state index in [1.54, 1.807) is 12.1 Å². The second kappa shape index (κ2) is 23.5. The van der Waals surface area contributed by atoms with Gasteiger partial charge in [-0.15, -0.1) is 12.4 Å². The number of amides is 4. The quantitative estimate of drug-likeness (QED) is 0.0903. The third kappa shape index (κ3) is 15.8. The zero-order chi connectivity index (χ0) is 34.1. The molecule has 0 spiro atoms. The largest absolute Gasteiger partial charge is 0.508 e. The fraction of sp³-hybridized carbons (Fsp3) is 0.485. The number of phenolic OH excluding ortho intramolecular Hbond substituents is 1. The second-order valence-corrected chi connectivity index (χ2v) is 12.0. The molecule has 2 aromatic rings. The van der Waals surface area contributed by atoms with Gasteiger partial charge < -0.3 is 42.3 Å². The van der Waals surface area contributed by atoms with Crippen LogP contribution in [0.1, 0.15) is 47.9 Å². The standard InChI is InChI=1S/C33H47N5O7S.ClH.H2O/c1-21-16-24(39)17-22(2)25(21)19-26(34)31(42)38-27(13-15-46-4)32(43)36-20-29(40)37-28(18-23-10-6-5-7-11-23)33(44)35-14-9-8-12-30(41)45-3;;/h5-7,10-11,16-17,26-28,39H,8-9,12-15,18-20,34H2,1-4H3,(H,35,44)(H,36,43)(H,37,40)(H,38,42);1H;1H2/t26-,27-,28+;;/m1../s1. The molecule has 9 N–H and O–H groups in total. The Bertz CT molecular complexity index is 1310. The number of nitrogens with two attached hydrogens (primary N) is 1. The molecule has 0 aliphatic rings. The zero-order valence-corrected chi connectivity index (χ0v) is 29.6. The average Bonchev–Trinajstić information content (AvgIpc) is 3.02. The van der Waals surface area contributed by atoms with Crippen molar-refractivity contribution in [3.63, 3.8) is 0 Å². The smallest absolute Gasteiger partial charge is 0.305 e. The number of carbonyl (C=O) groups is 5. The lowest BCUT2D eigenvalue weighted by Crippen LogP contribution is -2.54. The topological polar surface area (TPSA) is 220 Å². The summed E-state index contributed by atoms with van der Waals surface area (Å²) in [5, 5.41) is 20.6. The molecular formula is C33H50ClN5O8S. The number of unbranched alkanes of at least 4 members (excludes halogenated alkanes) is 1. The summed E-state index contributed by atoms with van der Waals surface area (Å²) in [5.74, 6) is -1.62. The third-order valence-electron chi connectivity index (χ3n) is 7.38. The third-order valence-corrected chi connectivity index (χ3v) is 8.02. The zero-order valence-electron chi connectivity index (χ0n) is 27.9. The van der Waals surface area contributed by atoms with Gasteiger partial charge in [-0.1, -0.05) is 30.3 Å². The number of thioether (sulfide) groups is 1. The molecule has 15 heteroatoms. The van der Waals surface area contributed by atoms with Crippen LogP contribution in [-0.2, 0) is 41.6 Å². The number of hydrogen-bond donors (Lipinski definition) is 6. The Kier molecular flexibility index (Phi) is 21.6. The molecule has 0 radical (unpaired) electrons. The van der Waals surface area contributed by atoms with Gasteiger partial charge in [0.1, 0.15) is 17.8 Å². The Morgan fingerprint density at radius 3 is 2.12 bits per heavy atom. The predicted octanol–water partition coefficient (Wildman–Crippen LogP) is 1.02. The maximum absolute atomic E-state index is 13.1. The average molecular weight is 712 g/mol. The van der Waals surface area contributed by atoms with Gasteiger partial charge in [0.05, 0.1) is 19.7 Å². The van der Waals surface area contributed by atoms with Crippen LogP contribution in [0.15, 0.2) is 42.5 Å². The number of aromatic hydroxyl groups is 1. The summed E-state index contributed by atoms with van der Waals surface area (Å²) < 4.78 is 4.62. The van der Waals surface area contributed by atoms with Gasteiger partial charge in [0.2, 0.25) is 23.6 Å². The molecule has 0 saturated carbocycles. The summed E-state index contributed by atoms with van der Waals surface area (Å²) >= 11 is 1.51. The van der Waals surface area contributed by atoms with Crippen molar-refractivity contribution in [2.24, 2.45) is 5.73 Å². The normalized spacial score (nSPS) is 12.2. The van der Waals surface area contributed by atoms with Crippen LogP contribution in [0.5, 0.6) is 5.75 Å². The van der Waals surface area contributed by atoms with Crippen LogP contribution in [0.4, 0.5) is 0 Å². The molecule has 2 aromatic carbocycles. The summed E-state index contributed by atoms with van der Waals surface area (Å²) in [6.07, 6.45) is 4.01. The van der Waals surface area contributed by atoms with Gasteiger partial charge >= 0.3 is 5.97 Å². The summed E-state index contributed by atoms with van der Waals surface area (Å²) in [6.45, 7) is 3.57. The van der Waals surface area contributed by atoms with E-state index >= 15 is 0 Å². The first-order chi connectivity index (χ1) is 21.9. The summed E-state index contributed by atoms with van der Waals surface area (Å²) in [6, 6.07) is 9.66. The van der Waals surface area contributed by atoms with Crippen molar-refractivity contribution in [3.8, 4) is 5.75 Å². The van der Waals surface area contributed by atoms with E-state index in [1.165, 1.54) is 18.9 Å². The fourth-order valence-corrected chi connectivity index (χ4v) is 5.29. The number of methoxy groups -OCH3 is 1. The van der Waals surface area contributed by atoms with E-state index in [4.69, 9.17) is 5.73 Å². The van der Waals surface area contributed by atoms with Crippen LogP contribution in [0.25, 0.3) is 0 Å². The first-order valence-corrected chi connectivity index (χ1v) is 16.6. The molecule has 0 fully saturated rings. The van der Waals surface area contributed by atoms with Gasteiger partial charge in [-0.2, -0.15) is 11.8 Å². The molecule has 268 valence electrons. The van der Waals surface area contributed by atoms with Crippen molar-refractivity contribution in [2.45, 2.75) is 70.5 Å². The molecule has 48 heavy (non-hydrogen) atoms. The number of benzene rings is 2. The van der Waals surface area contributed by atoms with Gasteiger partial charge in [0, 0.05) is 19.4 Å². The molecule has 0 aliphatic heterocycles. The van der Waals surface area contributed by atoms with Crippen LogP contribution < -0.4 is 27.0 Å². The Morgan fingerprint density at radius 2 is 1.52 bits per heavy atom. The predicted molar refractivity (Wildman–Crippen MR) is 189 cm³/mol. The second-order valence-electron chi connectivity index (χ2n) is 11.1. The number of ether oxygens (including phenoxy) is 1. The maximum atomic E-state index is 13.1. The molecule has 3 atom stereocenters. The summed E-state index contributed by atoms with van der Waals surface area (Å²) in [7, 11) is 1.32. The highest BCUT2D eigenvalue weighted by molar-refractivity contribution is 7.98. The number of phenols is 1. The van der Waals surface area contributed by atoms with Crippen LogP contribution in [0.3, 0.4) is 0 Å². The molecule has 0 bridgehead atoms. The van der Waals surface area contributed by atoms with Crippen molar-refractivity contribution in [1.29, 1.82) is 0 Å². The van der Waals surface area contributed by atoms with Crippen LogP contribution in [-0.4, -0.2) is 90.5 Å². The van der Waals surface area contributed by atoms with Crippen molar-refractivity contribution in [1.82, 2.24) is 21.3 Å². The van der Waals surface area contributed by atoms with Gasteiger partial charge in [-0.05, 0) is 85.9 Å². The van der Waals surface area contributed by atoms with E-state index in [-0.39, 0.29) is 54.8 Å². The number of carbonyl (C=O) groups excluding carboxylic acids is 5.